The van der Waals surface area contributed by atoms with E-state index in [-0.39, 0.29) is 66.7 Å². The van der Waals surface area contributed by atoms with E-state index in [4.69, 9.17) is 52.1 Å². The standard InChI is InChI=1S/C61H90F3N7O16/c1-46(2)60(17-13-51(44-60)67-50-15-22-77-23-16-50)59(72)69-20-14-55-49(45-69)42-54(61(62,63)64)56(68-55)6-4-5-21-87-53-10-7-48(8-11-53)47(3)65-18-24-78-26-28-80-30-32-82-34-36-84-38-40-86-41-39-85-37-35-83-33-31-81-29-27-79-25-19-66-57-12-9-52(70(73)74)43-58(57)71(75)76/h7-12,42-43,46,50-51,65-67H,3-6,13-41,44-45H2,1-2H3/t51-,60+/m1/s1. The van der Waals surface area contributed by atoms with Gasteiger partial charge in [-0.15, -0.1) is 0 Å². The number of fused-ring (bicyclic) bond motifs is 1. The highest BCUT2D eigenvalue weighted by atomic mass is 19.4. The molecule has 3 aliphatic rings. The lowest BCUT2D eigenvalue weighted by atomic mass is 9.74. The third-order valence-corrected chi connectivity index (χ3v) is 15.4. The molecule has 0 unspecified atom stereocenters. The van der Waals surface area contributed by atoms with Crippen molar-refractivity contribution in [2.24, 2.45) is 11.3 Å². The number of nitrogens with zero attached hydrogens (tertiary/aromatic N) is 4. The summed E-state index contributed by atoms with van der Waals surface area (Å²) in [5, 5.41) is 32.0. The van der Waals surface area contributed by atoms with E-state index in [1.54, 1.807) is 4.90 Å². The number of hydrogen-bond acceptors (Lipinski definition) is 20. The predicted molar refractivity (Wildman–Crippen MR) is 318 cm³/mol. The molecule has 0 spiro atoms. The van der Waals surface area contributed by atoms with Crippen molar-refractivity contribution >= 4 is 28.7 Å². The van der Waals surface area contributed by atoms with Crippen LogP contribution in [0.15, 0.2) is 55.1 Å². The maximum Gasteiger partial charge on any atom is 0.418 e. The molecule has 87 heavy (non-hydrogen) atoms. The lowest BCUT2D eigenvalue weighted by Crippen LogP contribution is -2.49. The van der Waals surface area contributed by atoms with E-state index in [0.717, 1.165) is 62.6 Å². The first-order valence-electron chi connectivity index (χ1n) is 30.4. The van der Waals surface area contributed by atoms with Gasteiger partial charge < -0.3 is 73.0 Å². The highest BCUT2D eigenvalue weighted by Crippen LogP contribution is 2.47. The molecule has 6 rings (SSSR count). The second-order valence-corrected chi connectivity index (χ2v) is 21.8. The number of amides is 1. The minimum Gasteiger partial charge on any atom is -0.494 e. The molecule has 1 aliphatic carbocycles. The van der Waals surface area contributed by atoms with Gasteiger partial charge in [0.2, 0.25) is 5.91 Å². The van der Waals surface area contributed by atoms with Crippen molar-refractivity contribution in [2.75, 3.05) is 164 Å². The zero-order valence-electron chi connectivity index (χ0n) is 50.6. The largest absolute Gasteiger partial charge is 0.494 e. The number of hydrogen-bond donors (Lipinski definition) is 3. The van der Waals surface area contributed by atoms with Gasteiger partial charge in [-0.3, -0.25) is 30.0 Å². The van der Waals surface area contributed by atoms with Crippen LogP contribution in [-0.4, -0.2) is 196 Å². The molecule has 0 bridgehead atoms. The number of aromatic nitrogens is 1. The van der Waals surface area contributed by atoms with Gasteiger partial charge in [0.25, 0.3) is 11.4 Å². The molecule has 2 fully saturated rings. The highest BCUT2D eigenvalue weighted by molar-refractivity contribution is 5.84. The summed E-state index contributed by atoms with van der Waals surface area (Å²) in [6.07, 6.45) is 1.38. The number of nitro benzene ring substituents is 2. The molecule has 3 heterocycles. The van der Waals surface area contributed by atoms with E-state index < -0.39 is 27.0 Å². The maximum atomic E-state index is 14.5. The fraction of sp³-hybridized carbons (Fsp3) is 0.672. The molecule has 26 heteroatoms. The van der Waals surface area contributed by atoms with Crippen LogP contribution in [0.5, 0.6) is 5.75 Å². The summed E-state index contributed by atoms with van der Waals surface area (Å²) >= 11 is 0. The first kappa shape index (κ1) is 70.4. The fourth-order valence-electron chi connectivity index (χ4n) is 10.6. The van der Waals surface area contributed by atoms with Gasteiger partial charge in [-0.2, -0.15) is 13.2 Å². The van der Waals surface area contributed by atoms with Crippen LogP contribution in [0, 0.1) is 31.6 Å². The number of alkyl halides is 3. The minimum atomic E-state index is -4.57. The molecular weight excluding hydrogens is 1140 g/mol. The number of ether oxygens (including phenoxy) is 11. The first-order valence-corrected chi connectivity index (χ1v) is 30.4. The quantitative estimate of drug-likeness (QED) is 0.0275. The van der Waals surface area contributed by atoms with Gasteiger partial charge in [0, 0.05) is 75.4 Å². The van der Waals surface area contributed by atoms with Crippen LogP contribution in [0.3, 0.4) is 0 Å². The van der Waals surface area contributed by atoms with Crippen molar-refractivity contribution in [1.29, 1.82) is 0 Å². The fourth-order valence-corrected chi connectivity index (χ4v) is 10.6. The number of pyridine rings is 1. The van der Waals surface area contributed by atoms with Crippen molar-refractivity contribution in [1.82, 2.24) is 20.5 Å². The van der Waals surface area contributed by atoms with E-state index in [9.17, 15) is 38.2 Å². The summed E-state index contributed by atoms with van der Waals surface area (Å²) in [7, 11) is 0. The number of carbonyl (C=O) groups excluding carboxylic acids is 1. The number of rotatable bonds is 45. The number of nitro groups is 2. The average molecular weight is 1230 g/mol. The highest BCUT2D eigenvalue weighted by Gasteiger charge is 2.50. The minimum absolute atomic E-state index is 0.0485. The van der Waals surface area contributed by atoms with Crippen molar-refractivity contribution in [3.63, 3.8) is 0 Å². The number of nitrogens with one attached hydrogen (secondary N) is 3. The molecule has 1 saturated carbocycles. The van der Waals surface area contributed by atoms with Gasteiger partial charge in [-0.1, -0.05) is 20.4 Å². The third kappa shape index (κ3) is 24.7. The first-order chi connectivity index (χ1) is 42.1. The Labute approximate surface area is 508 Å². The van der Waals surface area contributed by atoms with Crippen molar-refractivity contribution in [3.8, 4) is 5.75 Å². The topological polar surface area (TPSA) is 257 Å². The molecule has 0 radical (unpaired) electrons. The Balaban J connectivity index is 0.685. The Morgan fingerprint density at radius 3 is 1.80 bits per heavy atom. The van der Waals surface area contributed by atoms with Crippen LogP contribution in [-0.2, 0) is 77.7 Å². The second-order valence-electron chi connectivity index (χ2n) is 21.8. The normalized spacial score (nSPS) is 17.2. The average Bonchev–Trinajstić information content (AvgIpc) is 1.96. The molecule has 2 aliphatic heterocycles. The van der Waals surface area contributed by atoms with Crippen molar-refractivity contribution in [2.45, 2.75) is 96.4 Å². The Kier molecular flexibility index (Phi) is 31.3. The lowest BCUT2D eigenvalue weighted by Gasteiger charge is -2.40. The number of unbranched alkanes of at least 4 members (excludes halogenated alkanes) is 1. The Bertz CT molecular complexity index is 2530. The number of carbonyl (C=O) groups is 1. The molecule has 1 aromatic heterocycles. The lowest BCUT2D eigenvalue weighted by molar-refractivity contribution is -0.393. The maximum absolute atomic E-state index is 14.5. The molecule has 1 saturated heterocycles. The zero-order chi connectivity index (χ0) is 62.1. The molecule has 1 amide bonds. The zero-order valence-corrected chi connectivity index (χ0v) is 50.6. The second kappa shape index (κ2) is 38.7. The number of non-ortho nitro benzene ring substituents is 1. The van der Waals surface area contributed by atoms with Gasteiger partial charge >= 0.3 is 6.18 Å². The molecule has 2 aromatic carbocycles. The van der Waals surface area contributed by atoms with Crippen LogP contribution in [0.4, 0.5) is 30.2 Å². The van der Waals surface area contributed by atoms with Gasteiger partial charge in [0.1, 0.15) is 11.4 Å². The summed E-state index contributed by atoms with van der Waals surface area (Å²) < 4.78 is 105. The number of halogens is 3. The molecule has 2 atom stereocenters. The molecule has 3 N–H and O–H groups in total. The summed E-state index contributed by atoms with van der Waals surface area (Å²) in [6, 6.07) is 12.7. The van der Waals surface area contributed by atoms with Crippen molar-refractivity contribution in [3.05, 3.63) is 103 Å². The van der Waals surface area contributed by atoms with Crippen LogP contribution in [0.25, 0.3) is 5.70 Å². The van der Waals surface area contributed by atoms with Crippen LogP contribution < -0.4 is 20.7 Å². The van der Waals surface area contributed by atoms with Gasteiger partial charge in [-0.25, -0.2) is 0 Å². The Hall–Kier alpha value is -5.65. The van der Waals surface area contributed by atoms with Crippen molar-refractivity contribution < 1.29 is 79.9 Å². The van der Waals surface area contributed by atoms with E-state index in [1.807, 2.05) is 24.3 Å². The molecular formula is C61H90F3N7O16. The smallest absolute Gasteiger partial charge is 0.418 e. The third-order valence-electron chi connectivity index (χ3n) is 15.4. The Morgan fingerprint density at radius 1 is 0.724 bits per heavy atom. The summed E-state index contributed by atoms with van der Waals surface area (Å²) in [5.41, 5.74) is 0.974. The number of aryl methyl sites for hydroxylation is 1. The van der Waals surface area contributed by atoms with E-state index >= 15 is 0 Å². The van der Waals surface area contributed by atoms with Crippen LogP contribution >= 0.6 is 0 Å². The predicted octanol–water partition coefficient (Wildman–Crippen LogP) is 7.99. The van der Waals surface area contributed by atoms with Gasteiger partial charge in [-0.05, 0) is 105 Å². The molecule has 23 nitrogen and oxygen atoms in total. The monoisotopic (exact) mass is 1230 g/mol. The van der Waals surface area contributed by atoms with E-state index in [1.165, 1.54) is 18.2 Å². The Morgan fingerprint density at radius 2 is 1.28 bits per heavy atom. The summed E-state index contributed by atoms with van der Waals surface area (Å²) in [6.45, 7) is 18.9. The van der Waals surface area contributed by atoms with Gasteiger partial charge in [0.15, 0.2) is 0 Å². The number of benzene rings is 2. The number of anilines is 1. The van der Waals surface area contributed by atoms with Gasteiger partial charge in [0.05, 0.1) is 158 Å². The SMILES string of the molecule is C=C(NCCOCCOCCOCCOCCOCCOCCOCCOCCOCCNc1ccc([N+](=O)[O-])cc1[N+](=O)[O-])c1ccc(OCCCCc2nc3c(cc2C(F)(F)F)CN(C(=O)[C@@]2(C(C)C)CC[C@@H](NC4CCOCC4)C2)CC3)cc1. The summed E-state index contributed by atoms with van der Waals surface area (Å²) in [4.78, 5) is 41.4. The summed E-state index contributed by atoms with van der Waals surface area (Å²) in [5.74, 6) is 0.807. The molecule has 486 valence electrons. The van der Waals surface area contributed by atoms with E-state index in [0.29, 0.717) is 174 Å². The molecule has 3 aromatic rings. The van der Waals surface area contributed by atoms with Crippen LogP contribution in [0.2, 0.25) is 0 Å². The van der Waals surface area contributed by atoms with Crippen LogP contribution in [0.1, 0.15) is 86.9 Å². The van der Waals surface area contributed by atoms with E-state index in [2.05, 4.69) is 41.4 Å².